The molecular weight excluding hydrogens is 235 g/mol. The molecule has 1 N–H and O–H groups in total. The largest absolute Gasteiger partial charge is 0.389 e. The molecular formula is C14H19FOS. The van der Waals surface area contributed by atoms with E-state index in [9.17, 15) is 9.50 Å². The maximum absolute atomic E-state index is 13.8. The molecule has 0 saturated heterocycles. The van der Waals surface area contributed by atoms with Crippen molar-refractivity contribution >= 4 is 11.8 Å². The second-order valence-electron chi connectivity index (χ2n) is 4.74. The van der Waals surface area contributed by atoms with Gasteiger partial charge in [0.1, 0.15) is 5.82 Å². The molecule has 94 valence electrons. The fourth-order valence-electron chi connectivity index (χ4n) is 2.24. The Morgan fingerprint density at radius 1 is 1.29 bits per heavy atom. The van der Waals surface area contributed by atoms with Crippen molar-refractivity contribution in [2.75, 3.05) is 0 Å². The van der Waals surface area contributed by atoms with E-state index in [1.165, 1.54) is 38.2 Å². The van der Waals surface area contributed by atoms with Crippen LogP contribution in [0.1, 0.15) is 50.7 Å². The van der Waals surface area contributed by atoms with Crippen LogP contribution in [0.4, 0.5) is 4.39 Å². The Bertz CT molecular complexity index is 372. The summed E-state index contributed by atoms with van der Waals surface area (Å²) < 4.78 is 13.8. The van der Waals surface area contributed by atoms with Crippen LogP contribution < -0.4 is 0 Å². The van der Waals surface area contributed by atoms with Gasteiger partial charge in [0.15, 0.2) is 0 Å². The second-order valence-corrected chi connectivity index (χ2v) is 6.09. The first-order chi connectivity index (χ1) is 8.16. The lowest BCUT2D eigenvalue weighted by Crippen LogP contribution is -2.08. The summed E-state index contributed by atoms with van der Waals surface area (Å²) in [5.74, 6) is -0.195. The van der Waals surface area contributed by atoms with Gasteiger partial charge in [-0.25, -0.2) is 4.39 Å². The normalized spacial score (nSPS) is 19.2. The number of hydrogen-bond acceptors (Lipinski definition) is 2. The number of aliphatic hydroxyl groups excluding tert-OH is 1. The lowest BCUT2D eigenvalue weighted by molar-refractivity contribution is 0.198. The van der Waals surface area contributed by atoms with E-state index in [-0.39, 0.29) is 5.82 Å². The molecule has 0 unspecified atom stereocenters. The van der Waals surface area contributed by atoms with Crippen LogP contribution >= 0.6 is 11.8 Å². The number of halogens is 1. The van der Waals surface area contributed by atoms with Gasteiger partial charge in [0.2, 0.25) is 0 Å². The van der Waals surface area contributed by atoms with Crippen molar-refractivity contribution in [3.63, 3.8) is 0 Å². The number of aliphatic hydroxyl groups is 1. The van der Waals surface area contributed by atoms with Crippen molar-refractivity contribution in [1.82, 2.24) is 0 Å². The SMILES string of the molecule is C[C@H](O)c1ccc(SC2CCCCC2)c(F)c1. The Morgan fingerprint density at radius 3 is 2.59 bits per heavy atom. The van der Waals surface area contributed by atoms with E-state index in [0.717, 1.165) is 4.90 Å². The van der Waals surface area contributed by atoms with Gasteiger partial charge in [-0.1, -0.05) is 25.3 Å². The zero-order valence-electron chi connectivity index (χ0n) is 10.2. The van der Waals surface area contributed by atoms with Crippen LogP contribution in [0.5, 0.6) is 0 Å². The molecule has 17 heavy (non-hydrogen) atoms. The smallest absolute Gasteiger partial charge is 0.137 e. The van der Waals surface area contributed by atoms with Gasteiger partial charge in [-0.2, -0.15) is 0 Å². The van der Waals surface area contributed by atoms with Gasteiger partial charge in [0, 0.05) is 10.1 Å². The van der Waals surface area contributed by atoms with E-state index in [1.54, 1.807) is 24.8 Å². The van der Waals surface area contributed by atoms with Crippen LogP contribution in [0.25, 0.3) is 0 Å². The minimum absolute atomic E-state index is 0.195. The van der Waals surface area contributed by atoms with Crippen molar-refractivity contribution in [2.45, 2.75) is 55.3 Å². The predicted molar refractivity (Wildman–Crippen MR) is 69.8 cm³/mol. The third-order valence-corrected chi connectivity index (χ3v) is 4.67. The van der Waals surface area contributed by atoms with Crippen molar-refractivity contribution in [3.05, 3.63) is 29.6 Å². The van der Waals surface area contributed by atoms with Crippen LogP contribution in [0, 0.1) is 5.82 Å². The maximum atomic E-state index is 13.8. The van der Waals surface area contributed by atoms with Crippen LogP contribution in [-0.4, -0.2) is 10.4 Å². The highest BCUT2D eigenvalue weighted by atomic mass is 32.2. The van der Waals surface area contributed by atoms with E-state index in [2.05, 4.69) is 0 Å². The first kappa shape index (κ1) is 12.9. The highest BCUT2D eigenvalue weighted by molar-refractivity contribution is 8.00. The molecule has 1 aromatic rings. The fraction of sp³-hybridized carbons (Fsp3) is 0.571. The first-order valence-corrected chi connectivity index (χ1v) is 7.19. The maximum Gasteiger partial charge on any atom is 0.137 e. The molecule has 0 heterocycles. The number of benzene rings is 1. The van der Waals surface area contributed by atoms with Crippen LogP contribution in [-0.2, 0) is 0 Å². The van der Waals surface area contributed by atoms with Gasteiger partial charge >= 0.3 is 0 Å². The Kier molecular flexibility index (Phi) is 4.46. The quantitative estimate of drug-likeness (QED) is 0.867. The fourth-order valence-corrected chi connectivity index (χ4v) is 3.48. The molecule has 1 fully saturated rings. The average Bonchev–Trinajstić information content (AvgIpc) is 2.33. The summed E-state index contributed by atoms with van der Waals surface area (Å²) in [6.07, 6.45) is 5.65. The van der Waals surface area contributed by atoms with Crippen LogP contribution in [0.3, 0.4) is 0 Å². The van der Waals surface area contributed by atoms with Gasteiger partial charge in [-0.15, -0.1) is 11.8 Å². The Morgan fingerprint density at radius 2 is 2.00 bits per heavy atom. The third kappa shape index (κ3) is 3.46. The molecule has 1 atom stereocenters. The molecule has 0 aliphatic heterocycles. The molecule has 1 aliphatic rings. The molecule has 1 nitrogen and oxygen atoms in total. The molecule has 0 spiro atoms. The monoisotopic (exact) mass is 254 g/mol. The van der Waals surface area contributed by atoms with Gasteiger partial charge in [0.25, 0.3) is 0 Å². The van der Waals surface area contributed by atoms with E-state index in [1.807, 2.05) is 6.07 Å². The highest BCUT2D eigenvalue weighted by Crippen LogP contribution is 2.35. The summed E-state index contributed by atoms with van der Waals surface area (Å²) in [5.41, 5.74) is 0.649. The minimum atomic E-state index is -0.599. The molecule has 2 rings (SSSR count). The van der Waals surface area contributed by atoms with Crippen molar-refractivity contribution in [1.29, 1.82) is 0 Å². The van der Waals surface area contributed by atoms with E-state index >= 15 is 0 Å². The summed E-state index contributed by atoms with van der Waals surface area (Å²) in [6.45, 7) is 1.66. The Labute approximate surface area is 106 Å². The van der Waals surface area contributed by atoms with E-state index in [4.69, 9.17) is 0 Å². The van der Waals surface area contributed by atoms with E-state index < -0.39 is 6.10 Å². The molecule has 1 saturated carbocycles. The number of hydrogen-bond donors (Lipinski definition) is 1. The summed E-state index contributed by atoms with van der Waals surface area (Å²) in [7, 11) is 0. The van der Waals surface area contributed by atoms with Gasteiger partial charge in [-0.05, 0) is 37.5 Å². The van der Waals surface area contributed by atoms with Gasteiger partial charge < -0.3 is 5.11 Å². The molecule has 0 bridgehead atoms. The Balaban J connectivity index is 2.05. The standard InChI is InChI=1S/C14H19FOS/c1-10(16)11-7-8-14(13(15)9-11)17-12-5-3-2-4-6-12/h7-10,12,16H,2-6H2,1H3/t10-/m0/s1. The first-order valence-electron chi connectivity index (χ1n) is 6.31. The second kappa shape index (κ2) is 5.87. The summed E-state index contributed by atoms with van der Waals surface area (Å²) in [4.78, 5) is 0.723. The number of rotatable bonds is 3. The zero-order chi connectivity index (χ0) is 12.3. The molecule has 0 amide bonds. The molecule has 1 aromatic carbocycles. The number of thioether (sulfide) groups is 1. The molecule has 0 radical (unpaired) electrons. The topological polar surface area (TPSA) is 20.2 Å². The molecule has 1 aliphatic carbocycles. The minimum Gasteiger partial charge on any atom is -0.389 e. The van der Waals surface area contributed by atoms with E-state index in [0.29, 0.717) is 10.8 Å². The van der Waals surface area contributed by atoms with Crippen molar-refractivity contribution in [3.8, 4) is 0 Å². The summed E-state index contributed by atoms with van der Waals surface area (Å²) >= 11 is 1.65. The van der Waals surface area contributed by atoms with Gasteiger partial charge in [0.05, 0.1) is 6.10 Å². The predicted octanol–water partition coefficient (Wildman–Crippen LogP) is 4.30. The Hall–Kier alpha value is -0.540. The summed E-state index contributed by atoms with van der Waals surface area (Å²) in [5, 5.41) is 9.95. The van der Waals surface area contributed by atoms with Gasteiger partial charge in [-0.3, -0.25) is 0 Å². The zero-order valence-corrected chi connectivity index (χ0v) is 11.0. The lowest BCUT2D eigenvalue weighted by Gasteiger charge is -2.21. The average molecular weight is 254 g/mol. The summed E-state index contributed by atoms with van der Waals surface area (Å²) in [6, 6.07) is 5.07. The third-order valence-electron chi connectivity index (χ3n) is 3.28. The van der Waals surface area contributed by atoms with Crippen LogP contribution in [0.2, 0.25) is 0 Å². The molecule has 3 heteroatoms. The van der Waals surface area contributed by atoms with Crippen molar-refractivity contribution in [2.24, 2.45) is 0 Å². The van der Waals surface area contributed by atoms with Crippen molar-refractivity contribution < 1.29 is 9.50 Å². The highest BCUT2D eigenvalue weighted by Gasteiger charge is 2.17. The molecule has 0 aromatic heterocycles. The lowest BCUT2D eigenvalue weighted by atomic mass is 10.0. The van der Waals surface area contributed by atoms with Crippen LogP contribution in [0.15, 0.2) is 23.1 Å².